The SMILES string of the molecule is C=CCON=Cc1ccc(OCCC2CCCN(c3ccc(Cl)nn3)C2)cc1. The van der Waals surface area contributed by atoms with Gasteiger partial charge in [-0.1, -0.05) is 29.4 Å². The number of nitrogens with zero attached hydrogens (tertiary/aromatic N) is 4. The Morgan fingerprint density at radius 3 is 2.82 bits per heavy atom. The quantitative estimate of drug-likeness (QED) is 0.271. The van der Waals surface area contributed by atoms with Crippen molar-refractivity contribution in [1.29, 1.82) is 0 Å². The molecule has 1 saturated heterocycles. The van der Waals surface area contributed by atoms with Crippen molar-refractivity contribution in [2.45, 2.75) is 19.3 Å². The van der Waals surface area contributed by atoms with E-state index in [1.54, 1.807) is 18.4 Å². The van der Waals surface area contributed by atoms with Crippen LogP contribution in [0.3, 0.4) is 0 Å². The van der Waals surface area contributed by atoms with Crippen molar-refractivity contribution in [3.05, 3.63) is 59.8 Å². The van der Waals surface area contributed by atoms with E-state index >= 15 is 0 Å². The van der Waals surface area contributed by atoms with E-state index in [4.69, 9.17) is 21.2 Å². The van der Waals surface area contributed by atoms with Gasteiger partial charge in [-0.25, -0.2) is 0 Å². The molecule has 0 aliphatic carbocycles. The van der Waals surface area contributed by atoms with Gasteiger partial charge in [0.15, 0.2) is 11.0 Å². The first-order valence-electron chi connectivity index (χ1n) is 9.48. The number of benzene rings is 1. The molecular weight excluding hydrogens is 376 g/mol. The van der Waals surface area contributed by atoms with Crippen LogP contribution in [-0.4, -0.2) is 42.7 Å². The first kappa shape index (κ1) is 20.1. The molecule has 0 radical (unpaired) electrons. The zero-order valence-corrected chi connectivity index (χ0v) is 16.6. The van der Waals surface area contributed by atoms with Crippen molar-refractivity contribution >= 4 is 23.6 Å². The Hall–Kier alpha value is -2.60. The third-order valence-electron chi connectivity index (χ3n) is 4.60. The summed E-state index contributed by atoms with van der Waals surface area (Å²) in [6.07, 6.45) is 6.69. The fourth-order valence-electron chi connectivity index (χ4n) is 3.17. The number of anilines is 1. The Morgan fingerprint density at radius 2 is 2.07 bits per heavy atom. The number of piperidine rings is 1. The predicted molar refractivity (Wildman–Crippen MR) is 112 cm³/mol. The summed E-state index contributed by atoms with van der Waals surface area (Å²) in [5.74, 6) is 2.34. The second-order valence-electron chi connectivity index (χ2n) is 6.69. The Balaban J connectivity index is 1.42. The van der Waals surface area contributed by atoms with Gasteiger partial charge in [0.1, 0.15) is 12.4 Å². The van der Waals surface area contributed by atoms with Crippen LogP contribution < -0.4 is 9.64 Å². The summed E-state index contributed by atoms with van der Waals surface area (Å²) >= 11 is 5.83. The molecule has 0 amide bonds. The van der Waals surface area contributed by atoms with Crippen molar-refractivity contribution in [2.75, 3.05) is 31.2 Å². The topological polar surface area (TPSA) is 59.8 Å². The van der Waals surface area contributed by atoms with Gasteiger partial charge in [0.05, 0.1) is 12.8 Å². The standard InChI is InChI=1S/C21H25ClN4O2/c1-2-13-28-23-15-17-5-7-19(8-6-17)27-14-11-18-4-3-12-26(16-18)21-10-9-20(22)24-25-21/h2,5-10,15,18H,1,3-4,11-14,16H2. The average Bonchev–Trinajstić information content (AvgIpc) is 2.73. The van der Waals surface area contributed by atoms with E-state index < -0.39 is 0 Å². The Bertz CT molecular complexity index is 765. The van der Waals surface area contributed by atoms with Gasteiger partial charge >= 0.3 is 0 Å². The van der Waals surface area contributed by atoms with E-state index in [1.165, 1.54) is 6.42 Å². The summed E-state index contributed by atoms with van der Waals surface area (Å²) in [4.78, 5) is 7.27. The summed E-state index contributed by atoms with van der Waals surface area (Å²) in [5, 5.41) is 12.4. The van der Waals surface area contributed by atoms with Crippen LogP contribution in [-0.2, 0) is 4.84 Å². The van der Waals surface area contributed by atoms with Crippen LogP contribution in [0.15, 0.2) is 54.2 Å². The number of aromatic nitrogens is 2. The summed E-state index contributed by atoms with van der Waals surface area (Å²) in [5.41, 5.74) is 0.961. The average molecular weight is 401 g/mol. The smallest absolute Gasteiger partial charge is 0.151 e. The van der Waals surface area contributed by atoms with Crippen LogP contribution in [0.2, 0.25) is 5.15 Å². The molecule has 28 heavy (non-hydrogen) atoms. The molecule has 0 bridgehead atoms. The second kappa shape index (κ2) is 10.7. The largest absolute Gasteiger partial charge is 0.494 e. The molecule has 0 N–H and O–H groups in total. The molecule has 6 nitrogen and oxygen atoms in total. The maximum atomic E-state index is 5.91. The zero-order valence-electron chi connectivity index (χ0n) is 15.8. The number of halogens is 1. The highest BCUT2D eigenvalue weighted by molar-refractivity contribution is 6.29. The summed E-state index contributed by atoms with van der Waals surface area (Å²) in [6, 6.07) is 11.5. The summed E-state index contributed by atoms with van der Waals surface area (Å²) in [6.45, 7) is 6.65. The lowest BCUT2D eigenvalue weighted by Crippen LogP contribution is -2.36. The minimum absolute atomic E-state index is 0.404. The first-order chi connectivity index (χ1) is 13.7. The molecule has 2 aromatic rings. The van der Waals surface area contributed by atoms with Crippen LogP contribution in [0.5, 0.6) is 5.75 Å². The number of ether oxygens (including phenoxy) is 1. The monoisotopic (exact) mass is 400 g/mol. The van der Waals surface area contributed by atoms with E-state index in [0.717, 1.165) is 43.1 Å². The van der Waals surface area contributed by atoms with Gasteiger partial charge in [0.2, 0.25) is 0 Å². The van der Waals surface area contributed by atoms with Crippen LogP contribution in [0.4, 0.5) is 5.82 Å². The lowest BCUT2D eigenvalue weighted by atomic mass is 9.95. The predicted octanol–water partition coefficient (Wildman–Crippen LogP) is 4.35. The van der Waals surface area contributed by atoms with Gasteiger partial charge in [-0.3, -0.25) is 0 Å². The van der Waals surface area contributed by atoms with Crippen molar-refractivity contribution in [3.8, 4) is 5.75 Å². The number of hydrogen-bond acceptors (Lipinski definition) is 6. The molecule has 2 heterocycles. The van der Waals surface area contributed by atoms with E-state index in [9.17, 15) is 0 Å². The van der Waals surface area contributed by atoms with Gasteiger partial charge in [0.25, 0.3) is 0 Å². The molecule has 1 aromatic carbocycles. The molecule has 0 spiro atoms. The van der Waals surface area contributed by atoms with Gasteiger partial charge in [-0.05, 0) is 67.1 Å². The van der Waals surface area contributed by atoms with Crippen LogP contribution in [0, 0.1) is 5.92 Å². The Labute approximate surface area is 170 Å². The van der Waals surface area contributed by atoms with Crippen molar-refractivity contribution in [1.82, 2.24) is 10.2 Å². The summed E-state index contributed by atoms with van der Waals surface area (Å²) < 4.78 is 5.91. The Morgan fingerprint density at radius 1 is 1.21 bits per heavy atom. The van der Waals surface area contributed by atoms with E-state index in [0.29, 0.717) is 24.3 Å². The van der Waals surface area contributed by atoms with Crippen molar-refractivity contribution in [2.24, 2.45) is 11.1 Å². The molecule has 1 atom stereocenters. The molecule has 0 saturated carbocycles. The maximum absolute atomic E-state index is 5.91. The summed E-state index contributed by atoms with van der Waals surface area (Å²) in [7, 11) is 0. The molecule has 7 heteroatoms. The van der Waals surface area contributed by atoms with Gasteiger partial charge in [-0.15, -0.1) is 10.2 Å². The molecule has 1 aliphatic heterocycles. The molecule has 1 unspecified atom stereocenters. The van der Waals surface area contributed by atoms with Crippen LogP contribution in [0.1, 0.15) is 24.8 Å². The zero-order chi connectivity index (χ0) is 19.6. The first-order valence-corrected chi connectivity index (χ1v) is 9.85. The molecule has 3 rings (SSSR count). The van der Waals surface area contributed by atoms with Gasteiger partial charge < -0.3 is 14.5 Å². The molecule has 148 valence electrons. The van der Waals surface area contributed by atoms with Crippen LogP contribution >= 0.6 is 11.6 Å². The molecule has 1 aromatic heterocycles. The van der Waals surface area contributed by atoms with Crippen molar-refractivity contribution in [3.63, 3.8) is 0 Å². The molecular formula is C21H25ClN4O2. The van der Waals surface area contributed by atoms with Crippen LogP contribution in [0.25, 0.3) is 0 Å². The lowest BCUT2D eigenvalue weighted by molar-refractivity contribution is 0.176. The normalized spacial score (nSPS) is 16.9. The third kappa shape index (κ3) is 6.23. The van der Waals surface area contributed by atoms with E-state index in [-0.39, 0.29) is 0 Å². The fourth-order valence-corrected chi connectivity index (χ4v) is 3.27. The highest BCUT2D eigenvalue weighted by Gasteiger charge is 2.21. The highest BCUT2D eigenvalue weighted by Crippen LogP contribution is 2.24. The highest BCUT2D eigenvalue weighted by atomic mass is 35.5. The molecule has 1 fully saturated rings. The van der Waals surface area contributed by atoms with E-state index in [1.807, 2.05) is 30.3 Å². The molecule has 1 aliphatic rings. The third-order valence-corrected chi connectivity index (χ3v) is 4.81. The Kier molecular flexibility index (Phi) is 7.67. The van der Waals surface area contributed by atoms with Crippen molar-refractivity contribution < 1.29 is 9.57 Å². The minimum Gasteiger partial charge on any atom is -0.494 e. The number of hydrogen-bond donors (Lipinski definition) is 0. The maximum Gasteiger partial charge on any atom is 0.151 e. The minimum atomic E-state index is 0.404. The van der Waals surface area contributed by atoms with Gasteiger partial charge in [-0.2, -0.15) is 0 Å². The second-order valence-corrected chi connectivity index (χ2v) is 7.08. The van der Waals surface area contributed by atoms with Gasteiger partial charge in [0, 0.05) is 13.1 Å². The van der Waals surface area contributed by atoms with E-state index in [2.05, 4.69) is 26.8 Å². The number of rotatable bonds is 9. The lowest BCUT2D eigenvalue weighted by Gasteiger charge is -2.33. The number of oxime groups is 1. The fraction of sp³-hybridized carbons (Fsp3) is 0.381.